The second-order valence-corrected chi connectivity index (χ2v) is 20.7. The zero-order valence-corrected chi connectivity index (χ0v) is 45.8. The van der Waals surface area contributed by atoms with Crippen LogP contribution in [0.4, 0.5) is 13.2 Å². The maximum atomic E-state index is 12.9. The smallest absolute Gasteiger partial charge is 0.416 e. The molecule has 408 valence electrons. The van der Waals surface area contributed by atoms with Crippen molar-refractivity contribution < 1.29 is 42.6 Å². The molecular formula is C65H74ClF3N2O6. The van der Waals surface area contributed by atoms with Gasteiger partial charge in [-0.15, -0.1) is 0 Å². The van der Waals surface area contributed by atoms with Crippen molar-refractivity contribution in [1.29, 1.82) is 0 Å². The van der Waals surface area contributed by atoms with Crippen molar-refractivity contribution in [3.05, 3.63) is 189 Å². The van der Waals surface area contributed by atoms with Crippen LogP contribution in [-0.2, 0) is 63.4 Å². The number of amides is 2. The Morgan fingerprint density at radius 2 is 0.961 bits per heavy atom. The van der Waals surface area contributed by atoms with Gasteiger partial charge >= 0.3 is 29.9 Å². The zero-order valence-electron chi connectivity index (χ0n) is 45.1. The van der Waals surface area contributed by atoms with Crippen LogP contribution in [0.3, 0.4) is 0 Å². The molecule has 6 aromatic rings. The van der Waals surface area contributed by atoms with Crippen LogP contribution in [-0.4, -0.2) is 43.8 Å². The normalized spacial score (nSPS) is 11.3. The molecular weight excluding hydrogens is 997 g/mol. The number of fused-ring (bicyclic) bond motifs is 1. The number of benzene rings is 6. The standard InChI is InChI=1S/C33H40F3NO3.C32H34ClNO3/c1-2-3-4-5-6-7-8-9-10-11-14-26-19-20-27(30-16-13-12-15-29(26)30)24-37(31(38)32(39)40)23-25-17-21-28(22-18-25)33(34,35)36;1-4-5-6-7-9-24-12-14-25(15-13-24)16-17-26-18-20-27(21-19-26)23-34(30(35)31(36)37)32(2,3)28-10-8-11-29(33)22-28/h12-13,15-22H,2-11,14,23-24H2,1H3,(H,39,40);8,10-15,18-22H,4-7,9,23H2,1-3H3,(H,36,37). The summed E-state index contributed by atoms with van der Waals surface area (Å²) in [5, 5.41) is 21.4. The summed E-state index contributed by atoms with van der Waals surface area (Å²) in [6.07, 6.45) is 15.3. The van der Waals surface area contributed by atoms with Crippen molar-refractivity contribution in [2.24, 2.45) is 0 Å². The number of carbonyl (C=O) groups excluding carboxylic acids is 2. The summed E-state index contributed by atoms with van der Waals surface area (Å²) in [6.45, 7) is 8.14. The fourth-order valence-corrected chi connectivity index (χ4v) is 9.53. The number of rotatable bonds is 24. The van der Waals surface area contributed by atoms with Crippen LogP contribution in [0.5, 0.6) is 0 Å². The van der Waals surface area contributed by atoms with E-state index in [-0.39, 0.29) is 19.6 Å². The summed E-state index contributed by atoms with van der Waals surface area (Å²) in [7, 11) is 0. The number of aryl methyl sites for hydroxylation is 2. The lowest BCUT2D eigenvalue weighted by atomic mass is 9.91. The highest BCUT2D eigenvalue weighted by Crippen LogP contribution is 2.33. The highest BCUT2D eigenvalue weighted by Gasteiger charge is 2.36. The third-order valence-corrected chi connectivity index (χ3v) is 14.2. The van der Waals surface area contributed by atoms with Crippen LogP contribution in [0.15, 0.2) is 133 Å². The van der Waals surface area contributed by atoms with E-state index in [1.807, 2.05) is 80.6 Å². The number of carbonyl (C=O) groups is 4. The molecule has 0 saturated carbocycles. The van der Waals surface area contributed by atoms with Crippen molar-refractivity contribution in [2.45, 2.75) is 162 Å². The van der Waals surface area contributed by atoms with E-state index in [2.05, 4.69) is 50.0 Å². The quantitative estimate of drug-likeness (QED) is 0.0354. The van der Waals surface area contributed by atoms with Crippen molar-refractivity contribution in [1.82, 2.24) is 9.80 Å². The van der Waals surface area contributed by atoms with Crippen LogP contribution in [0.25, 0.3) is 10.8 Å². The van der Waals surface area contributed by atoms with E-state index in [0.717, 1.165) is 74.9 Å². The number of nitrogens with zero attached hydrogens (tertiary/aromatic N) is 2. The van der Waals surface area contributed by atoms with Crippen LogP contribution in [0.1, 0.15) is 168 Å². The van der Waals surface area contributed by atoms with E-state index < -0.39 is 41.0 Å². The van der Waals surface area contributed by atoms with Gasteiger partial charge in [0, 0.05) is 35.8 Å². The van der Waals surface area contributed by atoms with Crippen molar-refractivity contribution >= 4 is 46.1 Å². The fourth-order valence-electron chi connectivity index (χ4n) is 9.34. The van der Waals surface area contributed by atoms with Crippen molar-refractivity contribution in [2.75, 3.05) is 0 Å². The van der Waals surface area contributed by atoms with E-state index >= 15 is 0 Å². The predicted molar refractivity (Wildman–Crippen MR) is 302 cm³/mol. The minimum Gasteiger partial charge on any atom is -0.474 e. The number of unbranched alkanes of at least 4 members (excludes halogenated alkanes) is 12. The highest BCUT2D eigenvalue weighted by molar-refractivity contribution is 6.32. The molecule has 77 heavy (non-hydrogen) atoms. The number of carboxylic acids is 2. The number of carboxylic acid groups (broad SMARTS) is 2. The third kappa shape index (κ3) is 19.6. The van der Waals surface area contributed by atoms with E-state index in [1.54, 1.807) is 18.2 Å². The first kappa shape index (κ1) is 61.0. The molecule has 2 amide bonds. The SMILES string of the molecule is CCCCCCCCCCCCc1ccc(CN(Cc2ccc(C(F)(F)F)cc2)C(=O)C(=O)O)c2ccccc12.CCCCCCc1ccc(C#Cc2ccc(CN(C(=O)C(=O)O)C(C)(C)c3cccc(Cl)c3)cc2)cc1. The minimum absolute atomic E-state index is 0.0329. The first-order chi connectivity index (χ1) is 36.9. The Morgan fingerprint density at radius 3 is 1.49 bits per heavy atom. The first-order valence-electron chi connectivity index (χ1n) is 27.1. The number of aliphatic carboxylic acids is 2. The first-order valence-corrected chi connectivity index (χ1v) is 27.5. The summed E-state index contributed by atoms with van der Waals surface area (Å²) < 4.78 is 38.8. The molecule has 0 aliphatic carbocycles. The average molecular weight is 1070 g/mol. The van der Waals surface area contributed by atoms with Gasteiger partial charge in [0.2, 0.25) is 0 Å². The number of hydrogen-bond acceptors (Lipinski definition) is 4. The third-order valence-electron chi connectivity index (χ3n) is 13.9. The van der Waals surface area contributed by atoms with Gasteiger partial charge in [-0.3, -0.25) is 9.59 Å². The highest BCUT2D eigenvalue weighted by atomic mass is 35.5. The second-order valence-electron chi connectivity index (χ2n) is 20.2. The average Bonchev–Trinajstić information content (AvgIpc) is 3.41. The molecule has 0 atom stereocenters. The Morgan fingerprint density at radius 1 is 0.494 bits per heavy atom. The molecule has 0 spiro atoms. The molecule has 0 saturated heterocycles. The molecule has 0 bridgehead atoms. The van der Waals surface area contributed by atoms with Gasteiger partial charge in [-0.1, -0.05) is 199 Å². The molecule has 0 radical (unpaired) electrons. The Balaban J connectivity index is 0.000000285. The fraction of sp³-hybridized carbons (Fsp3) is 0.385. The van der Waals surface area contributed by atoms with E-state index in [4.69, 9.17) is 11.6 Å². The van der Waals surface area contributed by atoms with Crippen LogP contribution in [0.2, 0.25) is 5.02 Å². The Hall–Kier alpha value is -6.90. The number of alkyl halides is 3. The second kappa shape index (κ2) is 30.7. The summed E-state index contributed by atoms with van der Waals surface area (Å²) in [5.74, 6) is 1.22. The summed E-state index contributed by atoms with van der Waals surface area (Å²) in [4.78, 5) is 50.9. The van der Waals surface area contributed by atoms with Crippen molar-refractivity contribution in [3.63, 3.8) is 0 Å². The van der Waals surface area contributed by atoms with Crippen molar-refractivity contribution in [3.8, 4) is 11.8 Å². The van der Waals surface area contributed by atoms with Gasteiger partial charge in [0.05, 0.1) is 11.1 Å². The maximum Gasteiger partial charge on any atom is 0.416 e. The molecule has 0 unspecified atom stereocenters. The topological polar surface area (TPSA) is 115 Å². The van der Waals surface area contributed by atoms with Gasteiger partial charge in [-0.2, -0.15) is 13.2 Å². The summed E-state index contributed by atoms with van der Waals surface area (Å²) in [5.41, 5.74) is 5.46. The molecule has 0 aliphatic rings. The lowest BCUT2D eigenvalue weighted by molar-refractivity contribution is -0.159. The Kier molecular flexibility index (Phi) is 24.3. The molecule has 6 rings (SSSR count). The Labute approximate surface area is 458 Å². The molecule has 12 heteroatoms. The van der Waals surface area contributed by atoms with Gasteiger partial charge < -0.3 is 20.0 Å². The van der Waals surface area contributed by atoms with Gasteiger partial charge in [0.25, 0.3) is 0 Å². The van der Waals surface area contributed by atoms with Gasteiger partial charge in [0.1, 0.15) is 0 Å². The lowest BCUT2D eigenvalue weighted by Gasteiger charge is -2.38. The molecule has 6 aromatic carbocycles. The molecule has 8 nitrogen and oxygen atoms in total. The minimum atomic E-state index is -4.47. The summed E-state index contributed by atoms with van der Waals surface area (Å²) >= 11 is 6.15. The number of hydrogen-bond donors (Lipinski definition) is 2. The van der Waals surface area contributed by atoms with Gasteiger partial charge in [0.15, 0.2) is 0 Å². The van der Waals surface area contributed by atoms with Gasteiger partial charge in [-0.05, 0) is 132 Å². The molecule has 0 fully saturated rings. The van der Waals surface area contributed by atoms with Crippen LogP contribution < -0.4 is 0 Å². The van der Waals surface area contributed by atoms with E-state index in [1.165, 1.54) is 112 Å². The van der Waals surface area contributed by atoms with Crippen LogP contribution >= 0.6 is 11.6 Å². The molecule has 0 heterocycles. The predicted octanol–water partition coefficient (Wildman–Crippen LogP) is 16.1. The zero-order chi connectivity index (χ0) is 55.8. The molecule has 0 aromatic heterocycles. The Bertz CT molecular complexity index is 2910. The monoisotopic (exact) mass is 1070 g/mol. The van der Waals surface area contributed by atoms with Gasteiger partial charge in [-0.25, -0.2) is 9.59 Å². The molecule has 0 aliphatic heterocycles. The van der Waals surface area contributed by atoms with E-state index in [0.29, 0.717) is 10.6 Å². The molecule has 2 N–H and O–H groups in total. The van der Waals surface area contributed by atoms with E-state index in [9.17, 15) is 42.6 Å². The maximum absolute atomic E-state index is 12.9. The number of halogens is 4. The lowest BCUT2D eigenvalue weighted by Crippen LogP contribution is -2.48. The van der Waals surface area contributed by atoms with Crippen LogP contribution in [0, 0.1) is 11.8 Å². The largest absolute Gasteiger partial charge is 0.474 e. The summed E-state index contributed by atoms with van der Waals surface area (Å²) in [6, 6.07) is 39.4.